The molecule has 0 spiro atoms. The summed E-state index contributed by atoms with van der Waals surface area (Å²) in [6.45, 7) is 2.06. The fraction of sp³-hybridized carbons (Fsp3) is 0.350. The number of urea groups is 1. The lowest BCUT2D eigenvalue weighted by Gasteiger charge is -2.32. The van der Waals surface area contributed by atoms with Crippen LogP contribution in [0.2, 0.25) is 0 Å². The molecule has 1 N–H and O–H groups in total. The molecule has 0 aliphatic carbocycles. The number of hydrogen-bond donors (Lipinski definition) is 1. The Bertz CT molecular complexity index is 863. The minimum absolute atomic E-state index is 0.00644. The largest absolute Gasteiger partial charge is 0.339 e. The Morgan fingerprint density at radius 3 is 3.00 bits per heavy atom. The first-order valence-electron chi connectivity index (χ1n) is 9.20. The fourth-order valence-corrected chi connectivity index (χ4v) is 4.03. The quantitative estimate of drug-likeness (QED) is 0.725. The summed E-state index contributed by atoms with van der Waals surface area (Å²) in [7, 11) is 0. The SMILES string of the molecule is O=C(NCc1ccccc1)N1CCCC(Cc2nc(-c3ccsc3)no2)C1. The van der Waals surface area contributed by atoms with Crippen LogP contribution in [-0.4, -0.2) is 34.2 Å². The van der Waals surface area contributed by atoms with Crippen LogP contribution in [0.1, 0.15) is 24.3 Å². The summed E-state index contributed by atoms with van der Waals surface area (Å²) < 4.78 is 5.42. The Morgan fingerprint density at radius 1 is 1.30 bits per heavy atom. The highest BCUT2D eigenvalue weighted by molar-refractivity contribution is 7.08. The van der Waals surface area contributed by atoms with Crippen LogP contribution >= 0.6 is 11.3 Å². The predicted molar refractivity (Wildman–Crippen MR) is 104 cm³/mol. The molecule has 0 saturated carbocycles. The van der Waals surface area contributed by atoms with Crippen LogP contribution in [0.3, 0.4) is 0 Å². The van der Waals surface area contributed by atoms with E-state index in [9.17, 15) is 4.79 Å². The van der Waals surface area contributed by atoms with Crippen LogP contribution in [0.25, 0.3) is 11.4 Å². The van der Waals surface area contributed by atoms with Gasteiger partial charge in [0.15, 0.2) is 0 Å². The third kappa shape index (κ3) is 4.54. The summed E-state index contributed by atoms with van der Waals surface area (Å²) in [5, 5.41) is 11.1. The molecule has 1 saturated heterocycles. The van der Waals surface area contributed by atoms with Gasteiger partial charge in [0.25, 0.3) is 0 Å². The zero-order valence-electron chi connectivity index (χ0n) is 15.0. The highest BCUT2D eigenvalue weighted by Crippen LogP contribution is 2.23. The maximum absolute atomic E-state index is 12.5. The number of carbonyl (C=O) groups excluding carboxylic acids is 1. The van der Waals surface area contributed by atoms with Crippen molar-refractivity contribution in [2.24, 2.45) is 5.92 Å². The van der Waals surface area contributed by atoms with Crippen LogP contribution in [0.15, 0.2) is 51.7 Å². The van der Waals surface area contributed by atoms with Crippen molar-refractivity contribution in [3.63, 3.8) is 0 Å². The summed E-state index contributed by atoms with van der Waals surface area (Å²) >= 11 is 1.61. The van der Waals surface area contributed by atoms with E-state index in [1.165, 1.54) is 0 Å². The first-order valence-corrected chi connectivity index (χ1v) is 10.1. The Hall–Kier alpha value is -2.67. The number of rotatable bonds is 5. The summed E-state index contributed by atoms with van der Waals surface area (Å²) in [5.41, 5.74) is 2.09. The Morgan fingerprint density at radius 2 is 2.19 bits per heavy atom. The zero-order valence-corrected chi connectivity index (χ0v) is 15.8. The second-order valence-corrected chi connectivity index (χ2v) is 7.61. The molecule has 27 heavy (non-hydrogen) atoms. The van der Waals surface area contributed by atoms with Gasteiger partial charge >= 0.3 is 6.03 Å². The van der Waals surface area contributed by atoms with Crippen molar-refractivity contribution in [1.82, 2.24) is 20.4 Å². The average Bonchev–Trinajstić information content (AvgIpc) is 3.39. The van der Waals surface area contributed by atoms with Crippen LogP contribution in [0, 0.1) is 5.92 Å². The predicted octanol–water partition coefficient (Wildman–Crippen LogP) is 3.96. The third-order valence-corrected chi connectivity index (χ3v) is 5.49. The molecule has 140 valence electrons. The highest BCUT2D eigenvalue weighted by atomic mass is 32.1. The van der Waals surface area contributed by atoms with Crippen LogP contribution in [0.5, 0.6) is 0 Å². The summed E-state index contributed by atoms with van der Waals surface area (Å²) in [6.07, 6.45) is 2.77. The van der Waals surface area contributed by atoms with E-state index in [1.54, 1.807) is 11.3 Å². The van der Waals surface area contributed by atoms with Gasteiger partial charge in [-0.25, -0.2) is 4.79 Å². The van der Waals surface area contributed by atoms with E-state index < -0.39 is 0 Å². The van der Waals surface area contributed by atoms with E-state index in [0.717, 1.165) is 37.1 Å². The van der Waals surface area contributed by atoms with Crippen LogP contribution in [0.4, 0.5) is 4.79 Å². The first kappa shape index (κ1) is 17.7. The van der Waals surface area contributed by atoms with Gasteiger partial charge in [-0.3, -0.25) is 0 Å². The summed E-state index contributed by atoms with van der Waals surface area (Å²) in [4.78, 5) is 18.9. The van der Waals surface area contributed by atoms with Gasteiger partial charge in [0, 0.05) is 37.0 Å². The van der Waals surface area contributed by atoms with Gasteiger partial charge in [0.05, 0.1) is 0 Å². The summed E-state index contributed by atoms with van der Waals surface area (Å²) in [6, 6.07) is 11.9. The summed E-state index contributed by atoms with van der Waals surface area (Å²) in [5.74, 6) is 1.63. The lowest BCUT2D eigenvalue weighted by molar-refractivity contribution is 0.161. The van der Waals surface area contributed by atoms with Gasteiger partial charge in [-0.05, 0) is 35.8 Å². The van der Waals surface area contributed by atoms with Gasteiger partial charge in [-0.2, -0.15) is 16.3 Å². The maximum atomic E-state index is 12.5. The molecular formula is C20H22N4O2S. The van der Waals surface area contributed by atoms with Crippen molar-refractivity contribution in [2.45, 2.75) is 25.8 Å². The number of nitrogens with zero attached hydrogens (tertiary/aromatic N) is 3. The first-order chi connectivity index (χ1) is 13.3. The number of piperidine rings is 1. The monoisotopic (exact) mass is 382 g/mol. The number of likely N-dealkylation sites (tertiary alicyclic amines) is 1. The second kappa shape index (κ2) is 8.35. The third-order valence-electron chi connectivity index (χ3n) is 4.80. The van der Waals surface area contributed by atoms with Gasteiger partial charge in [-0.15, -0.1) is 0 Å². The standard InChI is InChI=1S/C20H22N4O2S/c25-20(21-12-15-5-2-1-3-6-15)24-9-4-7-16(13-24)11-18-22-19(23-26-18)17-8-10-27-14-17/h1-3,5-6,8,10,14,16H,4,7,9,11-13H2,(H,21,25). The molecule has 1 fully saturated rings. The molecule has 1 unspecified atom stereocenters. The number of amides is 2. The molecule has 1 aliphatic rings. The number of thiophene rings is 1. The van der Waals surface area contributed by atoms with E-state index >= 15 is 0 Å². The normalized spacial score (nSPS) is 17.0. The maximum Gasteiger partial charge on any atom is 0.317 e. The topological polar surface area (TPSA) is 71.3 Å². The molecule has 1 aromatic carbocycles. The molecule has 0 bridgehead atoms. The second-order valence-electron chi connectivity index (χ2n) is 6.83. The average molecular weight is 382 g/mol. The van der Waals surface area contributed by atoms with E-state index in [2.05, 4.69) is 15.5 Å². The van der Waals surface area contributed by atoms with Crippen LogP contribution in [-0.2, 0) is 13.0 Å². The molecule has 3 aromatic rings. The number of carbonyl (C=O) groups is 1. The van der Waals surface area contributed by atoms with Gasteiger partial charge < -0.3 is 14.7 Å². The van der Waals surface area contributed by atoms with Gasteiger partial charge in [0.2, 0.25) is 11.7 Å². The number of benzene rings is 1. The van der Waals surface area contributed by atoms with Crippen molar-refractivity contribution < 1.29 is 9.32 Å². The van der Waals surface area contributed by atoms with Crippen molar-refractivity contribution in [1.29, 1.82) is 0 Å². The molecule has 6 nitrogen and oxygen atoms in total. The molecule has 3 heterocycles. The Balaban J connectivity index is 1.31. The van der Waals surface area contributed by atoms with Crippen molar-refractivity contribution in [3.8, 4) is 11.4 Å². The van der Waals surface area contributed by atoms with Crippen molar-refractivity contribution in [2.75, 3.05) is 13.1 Å². The molecular weight excluding hydrogens is 360 g/mol. The zero-order chi connectivity index (χ0) is 18.5. The minimum Gasteiger partial charge on any atom is -0.339 e. The molecule has 7 heteroatoms. The molecule has 0 radical (unpaired) electrons. The lowest BCUT2D eigenvalue weighted by Crippen LogP contribution is -2.45. The van der Waals surface area contributed by atoms with E-state index in [0.29, 0.717) is 30.6 Å². The van der Waals surface area contributed by atoms with Crippen LogP contribution < -0.4 is 5.32 Å². The van der Waals surface area contributed by atoms with Crippen molar-refractivity contribution >= 4 is 17.4 Å². The smallest absolute Gasteiger partial charge is 0.317 e. The van der Waals surface area contributed by atoms with Gasteiger partial charge in [-0.1, -0.05) is 35.5 Å². The van der Waals surface area contributed by atoms with Crippen molar-refractivity contribution in [3.05, 3.63) is 58.6 Å². The molecule has 1 atom stereocenters. The van der Waals surface area contributed by atoms with E-state index in [1.807, 2.05) is 52.1 Å². The van der Waals surface area contributed by atoms with E-state index in [4.69, 9.17) is 4.52 Å². The van der Waals surface area contributed by atoms with Gasteiger partial charge in [0.1, 0.15) is 0 Å². The number of aromatic nitrogens is 2. The number of nitrogens with one attached hydrogen (secondary N) is 1. The molecule has 2 aromatic heterocycles. The molecule has 4 rings (SSSR count). The Labute approximate surface area is 162 Å². The van der Waals surface area contributed by atoms with E-state index in [-0.39, 0.29) is 6.03 Å². The minimum atomic E-state index is -0.00644. The highest BCUT2D eigenvalue weighted by Gasteiger charge is 2.25. The Kier molecular flexibility index (Phi) is 5.48. The molecule has 1 aliphatic heterocycles. The lowest BCUT2D eigenvalue weighted by atomic mass is 9.95. The number of hydrogen-bond acceptors (Lipinski definition) is 5. The molecule has 2 amide bonds. The fourth-order valence-electron chi connectivity index (χ4n) is 3.40.